The zero-order valence-electron chi connectivity index (χ0n) is 16.0. The lowest BCUT2D eigenvalue weighted by atomic mass is 9.70. The summed E-state index contributed by atoms with van der Waals surface area (Å²) < 4.78 is 1.84. The predicted molar refractivity (Wildman–Crippen MR) is 111 cm³/mol. The van der Waals surface area contributed by atoms with Crippen LogP contribution in [0.25, 0.3) is 0 Å². The molecule has 4 rings (SSSR count). The van der Waals surface area contributed by atoms with Gasteiger partial charge in [-0.05, 0) is 31.4 Å². The van der Waals surface area contributed by atoms with Crippen LogP contribution in [0.4, 0.5) is 5.13 Å². The molecule has 0 saturated carbocycles. The van der Waals surface area contributed by atoms with Gasteiger partial charge in [0, 0.05) is 42.7 Å². The molecule has 0 aliphatic carbocycles. The fraction of sp³-hybridized carbons (Fsp3) is 0.381. The molecule has 0 spiro atoms. The molecule has 146 valence electrons. The molecular weight excluding hydrogens is 370 g/mol. The van der Waals surface area contributed by atoms with Crippen LogP contribution in [-0.4, -0.2) is 38.7 Å². The Labute approximate surface area is 169 Å². The molecule has 3 heterocycles. The number of carbonyl (C=O) groups excluding carboxylic acids is 1. The summed E-state index contributed by atoms with van der Waals surface area (Å²) in [5, 5.41) is 6.91. The predicted octanol–water partition coefficient (Wildman–Crippen LogP) is 3.48. The number of nitrogen functional groups attached to an aromatic ring is 1. The Bertz CT molecular complexity index is 913. The molecule has 1 aliphatic heterocycles. The van der Waals surface area contributed by atoms with Gasteiger partial charge in [0.25, 0.3) is 0 Å². The number of aromatic nitrogens is 3. The van der Waals surface area contributed by atoms with Crippen LogP contribution < -0.4 is 5.73 Å². The van der Waals surface area contributed by atoms with E-state index in [1.165, 1.54) is 16.9 Å². The van der Waals surface area contributed by atoms with Crippen LogP contribution in [0.3, 0.4) is 0 Å². The van der Waals surface area contributed by atoms with Crippen LogP contribution in [0.15, 0.2) is 54.2 Å². The van der Waals surface area contributed by atoms with Crippen molar-refractivity contribution in [1.29, 1.82) is 0 Å². The first kappa shape index (κ1) is 18.7. The third-order valence-electron chi connectivity index (χ3n) is 5.75. The van der Waals surface area contributed by atoms with E-state index >= 15 is 0 Å². The van der Waals surface area contributed by atoms with Crippen molar-refractivity contribution in [2.24, 2.45) is 0 Å². The SMILES string of the molecule is CC(CC(=O)N1CCC(c2ccccc2)(c2csc(N)n2)CC1)n1cccn1. The van der Waals surface area contributed by atoms with Crippen molar-refractivity contribution in [1.82, 2.24) is 19.7 Å². The molecule has 2 aromatic heterocycles. The Kier molecular flexibility index (Phi) is 5.17. The second kappa shape index (κ2) is 7.75. The van der Waals surface area contributed by atoms with E-state index in [1.54, 1.807) is 6.20 Å². The molecule has 3 aromatic rings. The average Bonchev–Trinajstić information content (AvgIpc) is 3.41. The first-order valence-corrected chi connectivity index (χ1v) is 10.5. The van der Waals surface area contributed by atoms with Gasteiger partial charge in [0.05, 0.1) is 11.7 Å². The molecule has 1 aliphatic rings. The fourth-order valence-corrected chi connectivity index (χ4v) is 4.77. The molecule has 1 fully saturated rings. The summed E-state index contributed by atoms with van der Waals surface area (Å²) >= 11 is 1.48. The second-order valence-corrected chi connectivity index (χ2v) is 8.33. The Balaban J connectivity index is 1.50. The van der Waals surface area contributed by atoms with Crippen LogP contribution in [0, 0.1) is 0 Å². The van der Waals surface area contributed by atoms with Gasteiger partial charge in [-0.2, -0.15) is 5.10 Å². The van der Waals surface area contributed by atoms with Crippen molar-refractivity contribution in [3.05, 3.63) is 65.4 Å². The van der Waals surface area contributed by atoms with Crippen molar-refractivity contribution >= 4 is 22.4 Å². The number of hydrogen-bond acceptors (Lipinski definition) is 5. The van der Waals surface area contributed by atoms with Gasteiger partial charge < -0.3 is 10.6 Å². The summed E-state index contributed by atoms with van der Waals surface area (Å²) in [5.74, 6) is 0.183. The number of benzene rings is 1. The van der Waals surface area contributed by atoms with Crippen molar-refractivity contribution in [2.75, 3.05) is 18.8 Å². The zero-order chi connectivity index (χ0) is 19.6. The van der Waals surface area contributed by atoms with Crippen LogP contribution in [0.1, 0.15) is 43.5 Å². The second-order valence-electron chi connectivity index (χ2n) is 7.44. The molecule has 1 unspecified atom stereocenters. The summed E-state index contributed by atoms with van der Waals surface area (Å²) in [7, 11) is 0. The van der Waals surface area contributed by atoms with E-state index in [0.717, 1.165) is 31.6 Å². The maximum atomic E-state index is 12.8. The number of nitrogens with zero attached hydrogens (tertiary/aromatic N) is 4. The van der Waals surface area contributed by atoms with Gasteiger partial charge in [0.1, 0.15) is 0 Å². The highest BCUT2D eigenvalue weighted by molar-refractivity contribution is 7.13. The maximum absolute atomic E-state index is 12.8. The van der Waals surface area contributed by atoms with Crippen molar-refractivity contribution < 1.29 is 4.79 Å². The lowest BCUT2D eigenvalue weighted by Gasteiger charge is -2.41. The number of rotatable bonds is 5. The number of thiazole rings is 1. The Morgan fingerprint density at radius 1 is 1.25 bits per heavy atom. The van der Waals surface area contributed by atoms with Crippen LogP contribution >= 0.6 is 11.3 Å². The molecule has 1 saturated heterocycles. The fourth-order valence-electron chi connectivity index (χ4n) is 4.11. The summed E-state index contributed by atoms with van der Waals surface area (Å²) in [4.78, 5) is 19.4. The summed E-state index contributed by atoms with van der Waals surface area (Å²) in [5.41, 5.74) is 8.03. The molecule has 1 amide bonds. The smallest absolute Gasteiger partial charge is 0.224 e. The highest BCUT2D eigenvalue weighted by Crippen LogP contribution is 2.42. The number of nitrogens with two attached hydrogens (primary N) is 1. The van der Waals surface area contributed by atoms with Crippen molar-refractivity contribution in [3.63, 3.8) is 0 Å². The van der Waals surface area contributed by atoms with E-state index in [-0.39, 0.29) is 17.4 Å². The number of amides is 1. The van der Waals surface area contributed by atoms with E-state index in [4.69, 9.17) is 5.73 Å². The summed E-state index contributed by atoms with van der Waals surface area (Å²) in [6.45, 7) is 3.47. The molecular formula is C21H25N5OS. The van der Waals surface area contributed by atoms with Crippen LogP contribution in [0.5, 0.6) is 0 Å². The lowest BCUT2D eigenvalue weighted by molar-refractivity contribution is -0.133. The number of anilines is 1. The van der Waals surface area contributed by atoms with E-state index in [1.807, 2.05) is 34.8 Å². The topological polar surface area (TPSA) is 77.0 Å². The summed E-state index contributed by atoms with van der Waals surface area (Å²) in [6, 6.07) is 12.4. The van der Waals surface area contributed by atoms with Gasteiger partial charge in [-0.25, -0.2) is 4.98 Å². The molecule has 1 aromatic carbocycles. The van der Waals surface area contributed by atoms with Gasteiger partial charge in [-0.1, -0.05) is 30.3 Å². The largest absolute Gasteiger partial charge is 0.375 e. The highest BCUT2D eigenvalue weighted by Gasteiger charge is 2.40. The van der Waals surface area contributed by atoms with E-state index in [2.05, 4.69) is 39.7 Å². The van der Waals surface area contributed by atoms with Gasteiger partial charge >= 0.3 is 0 Å². The summed E-state index contributed by atoms with van der Waals surface area (Å²) in [6.07, 6.45) is 5.81. The Hall–Kier alpha value is -2.67. The minimum absolute atomic E-state index is 0.0571. The quantitative estimate of drug-likeness (QED) is 0.717. The molecule has 7 heteroatoms. The Morgan fingerprint density at radius 3 is 2.61 bits per heavy atom. The maximum Gasteiger partial charge on any atom is 0.224 e. The standard InChI is InChI=1S/C21H25N5OS/c1-16(26-11-5-10-23-26)14-19(27)25-12-8-21(9-13-25,17-6-3-2-4-7-17)18-15-28-20(22)24-18/h2-7,10-11,15-16H,8-9,12-14H2,1H3,(H2,22,24). The third-order valence-corrected chi connectivity index (χ3v) is 6.43. The minimum Gasteiger partial charge on any atom is -0.375 e. The monoisotopic (exact) mass is 395 g/mol. The molecule has 1 atom stereocenters. The first-order chi connectivity index (χ1) is 13.6. The first-order valence-electron chi connectivity index (χ1n) is 9.62. The van der Waals surface area contributed by atoms with Gasteiger partial charge in [-0.15, -0.1) is 11.3 Å². The number of piperidine rings is 1. The molecule has 6 nitrogen and oxygen atoms in total. The zero-order valence-corrected chi connectivity index (χ0v) is 16.8. The van der Waals surface area contributed by atoms with Gasteiger partial charge in [-0.3, -0.25) is 9.48 Å². The third kappa shape index (κ3) is 3.54. The van der Waals surface area contributed by atoms with E-state index < -0.39 is 0 Å². The Morgan fingerprint density at radius 2 is 2.00 bits per heavy atom. The molecule has 0 bridgehead atoms. The number of likely N-dealkylation sites (tertiary alicyclic amines) is 1. The number of carbonyl (C=O) groups is 1. The van der Waals surface area contributed by atoms with Crippen LogP contribution in [0.2, 0.25) is 0 Å². The lowest BCUT2D eigenvalue weighted by Crippen LogP contribution is -2.46. The normalized spacial score (nSPS) is 17.4. The van der Waals surface area contributed by atoms with Gasteiger partial charge in [0.2, 0.25) is 5.91 Å². The average molecular weight is 396 g/mol. The molecule has 28 heavy (non-hydrogen) atoms. The molecule has 0 radical (unpaired) electrons. The van der Waals surface area contributed by atoms with E-state index in [9.17, 15) is 4.79 Å². The molecule has 2 N–H and O–H groups in total. The minimum atomic E-state index is -0.181. The van der Waals surface area contributed by atoms with Gasteiger partial charge in [0.15, 0.2) is 5.13 Å². The van der Waals surface area contributed by atoms with E-state index in [0.29, 0.717) is 11.6 Å². The number of hydrogen-bond donors (Lipinski definition) is 1. The van der Waals surface area contributed by atoms with Crippen molar-refractivity contribution in [3.8, 4) is 0 Å². The van der Waals surface area contributed by atoms with Crippen LogP contribution in [-0.2, 0) is 10.2 Å². The highest BCUT2D eigenvalue weighted by atomic mass is 32.1. The van der Waals surface area contributed by atoms with Crippen molar-refractivity contribution in [2.45, 2.75) is 37.6 Å².